The first-order valence-electron chi connectivity index (χ1n) is 6.84. The van der Waals surface area contributed by atoms with Crippen LogP contribution in [0.15, 0.2) is 36.4 Å². The largest absolute Gasteiger partial charge is 0.340 e. The average Bonchev–Trinajstić information content (AvgIpc) is 2.47. The maximum atomic E-state index is 11.4. The van der Waals surface area contributed by atoms with Crippen molar-refractivity contribution in [2.45, 2.75) is 13.3 Å². The molecule has 1 amide bonds. The Kier molecular flexibility index (Phi) is 3.46. The summed E-state index contributed by atoms with van der Waals surface area (Å²) in [6, 6.07) is 10.4. The van der Waals surface area contributed by atoms with Gasteiger partial charge in [0.15, 0.2) is 0 Å². The number of nitrogens with zero attached hydrogens (tertiary/aromatic N) is 3. The molecular weight excluding hydrogens is 284 g/mol. The van der Waals surface area contributed by atoms with Gasteiger partial charge in [0.05, 0.1) is 4.92 Å². The van der Waals surface area contributed by atoms with E-state index >= 15 is 0 Å². The first-order chi connectivity index (χ1) is 10.5. The summed E-state index contributed by atoms with van der Waals surface area (Å²) in [6.07, 6.45) is 0.603. The van der Waals surface area contributed by atoms with Crippen LogP contribution in [0.2, 0.25) is 0 Å². The number of aromatic nitrogens is 1. The molecule has 2 aromatic rings. The SMILES string of the molecule is Cc1nc(Nc2ccc(N3CCC3=O)cc2)ccc1[N+](=O)[O-]. The number of β-lactam (4-membered cyclic amide) rings is 1. The van der Waals surface area contributed by atoms with E-state index in [2.05, 4.69) is 10.3 Å². The summed E-state index contributed by atoms with van der Waals surface area (Å²) in [5.74, 6) is 0.671. The lowest BCUT2D eigenvalue weighted by molar-refractivity contribution is -0.385. The maximum absolute atomic E-state index is 11.4. The molecule has 0 aliphatic carbocycles. The van der Waals surface area contributed by atoms with Crippen LogP contribution < -0.4 is 10.2 Å². The van der Waals surface area contributed by atoms with Crippen molar-refractivity contribution in [3.05, 3.63) is 52.2 Å². The van der Waals surface area contributed by atoms with E-state index in [4.69, 9.17) is 0 Å². The van der Waals surface area contributed by atoms with Crippen molar-refractivity contribution in [1.29, 1.82) is 0 Å². The zero-order valence-corrected chi connectivity index (χ0v) is 11.9. The highest BCUT2D eigenvalue weighted by atomic mass is 16.6. The third kappa shape index (κ3) is 2.60. The summed E-state index contributed by atoms with van der Waals surface area (Å²) in [6.45, 7) is 2.36. The highest BCUT2D eigenvalue weighted by Crippen LogP contribution is 2.25. The fraction of sp³-hybridized carbons (Fsp3) is 0.200. The molecule has 1 saturated heterocycles. The number of carbonyl (C=O) groups is 1. The van der Waals surface area contributed by atoms with Crippen LogP contribution in [0.3, 0.4) is 0 Å². The van der Waals surface area contributed by atoms with Crippen LogP contribution in [-0.2, 0) is 4.79 Å². The predicted molar refractivity (Wildman–Crippen MR) is 82.3 cm³/mol. The van der Waals surface area contributed by atoms with Gasteiger partial charge in [-0.3, -0.25) is 14.9 Å². The molecular formula is C15H14N4O3. The Hall–Kier alpha value is -2.96. The molecule has 0 radical (unpaired) electrons. The minimum absolute atomic E-state index is 0.00260. The highest BCUT2D eigenvalue weighted by Gasteiger charge is 2.24. The molecule has 7 heteroatoms. The first-order valence-corrected chi connectivity index (χ1v) is 6.84. The summed E-state index contributed by atoms with van der Waals surface area (Å²) in [4.78, 5) is 27.6. The van der Waals surface area contributed by atoms with Crippen LogP contribution in [0.25, 0.3) is 0 Å². The molecule has 1 aliphatic heterocycles. The van der Waals surface area contributed by atoms with Crippen molar-refractivity contribution < 1.29 is 9.72 Å². The summed E-state index contributed by atoms with van der Waals surface area (Å²) in [5, 5.41) is 13.9. The summed E-state index contributed by atoms with van der Waals surface area (Å²) in [5.41, 5.74) is 2.03. The number of benzene rings is 1. The van der Waals surface area contributed by atoms with Crippen LogP contribution in [-0.4, -0.2) is 22.4 Å². The molecule has 112 valence electrons. The Bertz CT molecular complexity index is 743. The van der Waals surface area contributed by atoms with E-state index in [1.807, 2.05) is 24.3 Å². The Morgan fingerprint density at radius 1 is 1.23 bits per heavy atom. The van der Waals surface area contributed by atoms with Gasteiger partial charge in [-0.2, -0.15) is 0 Å². The normalized spacial score (nSPS) is 13.7. The first kappa shape index (κ1) is 14.0. The molecule has 0 saturated carbocycles. The molecule has 2 heterocycles. The minimum atomic E-state index is -0.453. The summed E-state index contributed by atoms with van der Waals surface area (Å²) in [7, 11) is 0. The number of hydrogen-bond acceptors (Lipinski definition) is 5. The van der Waals surface area contributed by atoms with Gasteiger partial charge in [-0.05, 0) is 37.3 Å². The molecule has 1 fully saturated rings. The fourth-order valence-electron chi connectivity index (χ4n) is 2.28. The highest BCUT2D eigenvalue weighted by molar-refractivity contribution is 5.99. The predicted octanol–water partition coefficient (Wildman–Crippen LogP) is 2.78. The second kappa shape index (κ2) is 5.44. The Balaban J connectivity index is 1.74. The summed E-state index contributed by atoms with van der Waals surface area (Å²) >= 11 is 0. The quantitative estimate of drug-likeness (QED) is 0.532. The third-order valence-electron chi connectivity index (χ3n) is 3.56. The second-order valence-corrected chi connectivity index (χ2v) is 5.03. The number of anilines is 3. The second-order valence-electron chi connectivity index (χ2n) is 5.03. The zero-order chi connectivity index (χ0) is 15.7. The number of aryl methyl sites for hydroxylation is 1. The van der Waals surface area contributed by atoms with Gasteiger partial charge >= 0.3 is 0 Å². The Labute approximate surface area is 126 Å². The fourth-order valence-corrected chi connectivity index (χ4v) is 2.28. The van der Waals surface area contributed by atoms with Crippen molar-refractivity contribution in [2.24, 2.45) is 0 Å². The van der Waals surface area contributed by atoms with E-state index in [1.165, 1.54) is 6.07 Å². The number of nitro groups is 1. The molecule has 1 aromatic carbocycles. The average molecular weight is 298 g/mol. The lowest BCUT2D eigenvalue weighted by Gasteiger charge is -2.30. The van der Waals surface area contributed by atoms with Crippen LogP contribution in [0.1, 0.15) is 12.1 Å². The van der Waals surface area contributed by atoms with Crippen molar-refractivity contribution >= 4 is 28.8 Å². The number of rotatable bonds is 4. The topological polar surface area (TPSA) is 88.4 Å². The van der Waals surface area contributed by atoms with Crippen LogP contribution >= 0.6 is 0 Å². The zero-order valence-electron chi connectivity index (χ0n) is 11.9. The molecule has 7 nitrogen and oxygen atoms in total. The summed E-state index contributed by atoms with van der Waals surface area (Å²) < 4.78 is 0. The van der Waals surface area contributed by atoms with Crippen molar-refractivity contribution in [3.63, 3.8) is 0 Å². The molecule has 22 heavy (non-hydrogen) atoms. The van der Waals surface area contributed by atoms with Crippen molar-refractivity contribution in [2.75, 3.05) is 16.8 Å². The molecule has 1 aliphatic rings. The lowest BCUT2D eigenvalue weighted by atomic mass is 10.1. The van der Waals surface area contributed by atoms with E-state index in [0.717, 1.165) is 17.9 Å². The molecule has 0 atom stereocenters. The smallest absolute Gasteiger partial charge is 0.290 e. The molecule has 3 rings (SSSR count). The van der Waals surface area contributed by atoms with Gasteiger partial charge in [-0.15, -0.1) is 0 Å². The minimum Gasteiger partial charge on any atom is -0.340 e. The number of amides is 1. The van der Waals surface area contributed by atoms with Gasteiger partial charge < -0.3 is 10.2 Å². The van der Waals surface area contributed by atoms with Gasteiger partial charge in [0.25, 0.3) is 5.69 Å². The molecule has 1 N–H and O–H groups in total. The number of nitrogens with one attached hydrogen (secondary N) is 1. The molecule has 0 spiro atoms. The van der Waals surface area contributed by atoms with Crippen LogP contribution in [0, 0.1) is 17.0 Å². The third-order valence-corrected chi connectivity index (χ3v) is 3.56. The maximum Gasteiger partial charge on any atom is 0.290 e. The van der Waals surface area contributed by atoms with Crippen molar-refractivity contribution in [1.82, 2.24) is 4.98 Å². The monoisotopic (exact) mass is 298 g/mol. The Morgan fingerprint density at radius 3 is 2.45 bits per heavy atom. The van der Waals surface area contributed by atoms with Crippen LogP contribution in [0.5, 0.6) is 0 Å². The van der Waals surface area contributed by atoms with Crippen molar-refractivity contribution in [3.8, 4) is 0 Å². The van der Waals surface area contributed by atoms with Gasteiger partial charge in [-0.1, -0.05) is 0 Å². The van der Waals surface area contributed by atoms with Crippen LogP contribution in [0.4, 0.5) is 22.9 Å². The lowest BCUT2D eigenvalue weighted by Crippen LogP contribution is -2.43. The van der Waals surface area contributed by atoms with E-state index < -0.39 is 4.92 Å². The van der Waals surface area contributed by atoms with Gasteiger partial charge in [0.1, 0.15) is 11.5 Å². The molecule has 0 bridgehead atoms. The number of pyridine rings is 1. The molecule has 1 aromatic heterocycles. The van der Waals surface area contributed by atoms with E-state index in [0.29, 0.717) is 17.9 Å². The van der Waals surface area contributed by atoms with Gasteiger partial charge in [0, 0.05) is 30.4 Å². The van der Waals surface area contributed by atoms with E-state index in [9.17, 15) is 14.9 Å². The van der Waals surface area contributed by atoms with E-state index in [1.54, 1.807) is 17.9 Å². The van der Waals surface area contributed by atoms with Gasteiger partial charge in [-0.25, -0.2) is 4.98 Å². The van der Waals surface area contributed by atoms with Gasteiger partial charge in [0.2, 0.25) is 5.91 Å². The standard InChI is InChI=1S/C15H14N4O3/c1-10-13(19(21)22)6-7-14(16-10)17-11-2-4-12(5-3-11)18-9-8-15(18)20/h2-7H,8-9H2,1H3,(H,16,17). The number of carbonyl (C=O) groups excluding carboxylic acids is 1. The molecule has 0 unspecified atom stereocenters. The Morgan fingerprint density at radius 2 is 1.95 bits per heavy atom. The number of hydrogen-bond donors (Lipinski definition) is 1. The van der Waals surface area contributed by atoms with E-state index in [-0.39, 0.29) is 11.6 Å².